The van der Waals surface area contributed by atoms with Crippen LogP contribution in [0.5, 0.6) is 0 Å². The van der Waals surface area contributed by atoms with Gasteiger partial charge in [0.05, 0.1) is 0 Å². The van der Waals surface area contributed by atoms with Gasteiger partial charge in [0.25, 0.3) is 0 Å². The van der Waals surface area contributed by atoms with Crippen molar-refractivity contribution in [3.8, 4) is 0 Å². The van der Waals surface area contributed by atoms with Crippen LogP contribution in [-0.2, 0) is 11.3 Å². The van der Waals surface area contributed by atoms with Crippen molar-refractivity contribution in [1.29, 1.82) is 0 Å². The topological polar surface area (TPSA) is 41.6 Å². The normalized spacial score (nSPS) is 10.1. The number of nitrogens with zero attached hydrogens (tertiary/aromatic N) is 1. The highest BCUT2D eigenvalue weighted by molar-refractivity contribution is 9.10. The molecule has 0 fully saturated rings. The van der Waals surface area contributed by atoms with E-state index in [-0.39, 0.29) is 6.61 Å². The van der Waals surface area contributed by atoms with Crippen molar-refractivity contribution in [3.05, 3.63) is 64.6 Å². The summed E-state index contributed by atoms with van der Waals surface area (Å²) in [6, 6.07) is 17.7. The summed E-state index contributed by atoms with van der Waals surface area (Å²) in [5.41, 5.74) is 2.08. The quantitative estimate of drug-likeness (QED) is 0.849. The highest BCUT2D eigenvalue weighted by Crippen LogP contribution is 2.16. The number of hydrogen-bond donors (Lipinski definition) is 1. The number of halogens is 1. The molecule has 0 aliphatic carbocycles. The highest BCUT2D eigenvalue weighted by Gasteiger charge is 2.04. The van der Waals surface area contributed by atoms with E-state index in [2.05, 4.69) is 26.1 Å². The van der Waals surface area contributed by atoms with Crippen LogP contribution in [0.2, 0.25) is 0 Å². The number of nitrogens with one attached hydrogen (secondary N) is 1. The number of benzene rings is 2. The maximum atomic E-state index is 11.6. The first-order valence-corrected chi connectivity index (χ1v) is 7.86. The summed E-state index contributed by atoms with van der Waals surface area (Å²) >= 11 is 3.41. The van der Waals surface area contributed by atoms with E-state index in [4.69, 9.17) is 4.74 Å². The molecule has 22 heavy (non-hydrogen) atoms. The number of anilines is 1. The summed E-state index contributed by atoms with van der Waals surface area (Å²) in [6.45, 7) is 1.53. The van der Waals surface area contributed by atoms with Crippen molar-refractivity contribution in [2.45, 2.75) is 6.61 Å². The van der Waals surface area contributed by atoms with E-state index in [1.807, 2.05) is 61.6 Å². The second-order valence-corrected chi connectivity index (χ2v) is 5.80. The zero-order valence-electron chi connectivity index (χ0n) is 12.5. The van der Waals surface area contributed by atoms with Crippen LogP contribution >= 0.6 is 15.9 Å². The van der Waals surface area contributed by atoms with Gasteiger partial charge in [-0.05, 0) is 29.8 Å². The van der Waals surface area contributed by atoms with E-state index in [0.717, 1.165) is 15.7 Å². The molecule has 2 aromatic rings. The third-order valence-electron chi connectivity index (χ3n) is 3.20. The Morgan fingerprint density at radius 3 is 2.50 bits per heavy atom. The molecule has 0 aromatic heterocycles. The van der Waals surface area contributed by atoms with Crippen LogP contribution in [-0.4, -0.2) is 26.2 Å². The smallest absolute Gasteiger partial charge is 0.407 e. The fraction of sp³-hybridized carbons (Fsp3) is 0.235. The highest BCUT2D eigenvalue weighted by atomic mass is 79.9. The maximum Gasteiger partial charge on any atom is 0.407 e. The minimum absolute atomic E-state index is 0.287. The zero-order chi connectivity index (χ0) is 15.8. The molecule has 1 N–H and O–H groups in total. The Labute approximate surface area is 139 Å². The van der Waals surface area contributed by atoms with Gasteiger partial charge in [0.1, 0.15) is 6.61 Å². The van der Waals surface area contributed by atoms with Crippen LogP contribution in [0.1, 0.15) is 5.56 Å². The van der Waals surface area contributed by atoms with Crippen molar-refractivity contribution >= 4 is 27.7 Å². The maximum absolute atomic E-state index is 11.6. The van der Waals surface area contributed by atoms with Gasteiger partial charge < -0.3 is 15.0 Å². The first-order chi connectivity index (χ1) is 10.6. The van der Waals surface area contributed by atoms with E-state index in [1.54, 1.807) is 0 Å². The lowest BCUT2D eigenvalue weighted by Gasteiger charge is -2.19. The number of hydrogen-bond acceptors (Lipinski definition) is 3. The molecule has 0 spiro atoms. The Kier molecular flexibility index (Phi) is 6.27. The number of ether oxygens (including phenoxy) is 1. The molecule has 0 bridgehead atoms. The third-order valence-corrected chi connectivity index (χ3v) is 3.73. The predicted molar refractivity (Wildman–Crippen MR) is 92.0 cm³/mol. The van der Waals surface area contributed by atoms with Gasteiger partial charge in [0.2, 0.25) is 0 Å². The minimum atomic E-state index is -0.395. The zero-order valence-corrected chi connectivity index (χ0v) is 14.0. The van der Waals surface area contributed by atoms with Crippen molar-refractivity contribution in [2.24, 2.45) is 0 Å². The molecule has 0 saturated carbocycles. The fourth-order valence-corrected chi connectivity index (χ4v) is 2.19. The Hall–Kier alpha value is -2.01. The average Bonchev–Trinajstić information content (AvgIpc) is 2.54. The van der Waals surface area contributed by atoms with E-state index < -0.39 is 6.09 Å². The summed E-state index contributed by atoms with van der Waals surface area (Å²) in [7, 11) is 1.99. The monoisotopic (exact) mass is 362 g/mol. The molecule has 0 aliphatic heterocycles. The molecule has 116 valence electrons. The predicted octanol–water partition coefficient (Wildman–Crippen LogP) is 3.81. The fourth-order valence-electron chi connectivity index (χ4n) is 1.92. The number of carbonyl (C=O) groups excluding carboxylic acids is 1. The Morgan fingerprint density at radius 1 is 1.14 bits per heavy atom. The van der Waals surface area contributed by atoms with Crippen molar-refractivity contribution in [3.63, 3.8) is 0 Å². The summed E-state index contributed by atoms with van der Waals surface area (Å²) in [5.74, 6) is 0. The first kappa shape index (κ1) is 16.4. The average molecular weight is 363 g/mol. The number of amides is 1. The molecular weight excluding hydrogens is 344 g/mol. The SMILES string of the molecule is CN(CCNC(=O)OCc1ccccc1)c1ccc(Br)cc1. The molecule has 0 radical (unpaired) electrons. The largest absolute Gasteiger partial charge is 0.445 e. The van der Waals surface area contributed by atoms with Crippen LogP contribution in [0, 0.1) is 0 Å². The molecule has 0 aliphatic rings. The lowest BCUT2D eigenvalue weighted by atomic mass is 10.2. The Balaban J connectivity index is 1.67. The molecule has 5 heteroatoms. The van der Waals surface area contributed by atoms with Gasteiger partial charge in [-0.15, -0.1) is 0 Å². The van der Waals surface area contributed by atoms with E-state index in [9.17, 15) is 4.79 Å². The van der Waals surface area contributed by atoms with Gasteiger partial charge in [-0.3, -0.25) is 0 Å². The van der Waals surface area contributed by atoms with Crippen molar-refractivity contribution in [2.75, 3.05) is 25.0 Å². The van der Waals surface area contributed by atoms with Crippen LogP contribution in [0.4, 0.5) is 10.5 Å². The van der Waals surface area contributed by atoms with Gasteiger partial charge >= 0.3 is 6.09 Å². The minimum Gasteiger partial charge on any atom is -0.445 e. The molecule has 2 aromatic carbocycles. The molecule has 0 atom stereocenters. The molecule has 0 saturated heterocycles. The third kappa shape index (κ3) is 5.41. The van der Waals surface area contributed by atoms with Gasteiger partial charge in [-0.25, -0.2) is 4.79 Å². The van der Waals surface area contributed by atoms with E-state index in [0.29, 0.717) is 13.1 Å². The number of carbonyl (C=O) groups is 1. The second-order valence-electron chi connectivity index (χ2n) is 4.89. The number of rotatable bonds is 6. The molecule has 2 rings (SSSR count). The Morgan fingerprint density at radius 2 is 1.82 bits per heavy atom. The van der Waals surface area contributed by atoms with E-state index in [1.165, 1.54) is 0 Å². The first-order valence-electron chi connectivity index (χ1n) is 7.06. The molecular formula is C17H19BrN2O2. The summed E-state index contributed by atoms with van der Waals surface area (Å²) < 4.78 is 6.20. The lowest BCUT2D eigenvalue weighted by molar-refractivity contribution is 0.140. The summed E-state index contributed by atoms with van der Waals surface area (Å²) in [5, 5.41) is 2.75. The molecule has 0 heterocycles. The van der Waals surface area contributed by atoms with Crippen LogP contribution in [0.3, 0.4) is 0 Å². The standard InChI is InChI=1S/C17H19BrN2O2/c1-20(16-9-7-15(18)8-10-16)12-11-19-17(21)22-13-14-5-3-2-4-6-14/h2-10H,11-13H2,1H3,(H,19,21). The lowest BCUT2D eigenvalue weighted by Crippen LogP contribution is -2.33. The van der Waals surface area contributed by atoms with Gasteiger partial charge in [-0.1, -0.05) is 46.3 Å². The van der Waals surface area contributed by atoms with Crippen molar-refractivity contribution < 1.29 is 9.53 Å². The van der Waals surface area contributed by atoms with Crippen LogP contribution in [0.25, 0.3) is 0 Å². The molecule has 0 unspecified atom stereocenters. The molecule has 4 nitrogen and oxygen atoms in total. The number of likely N-dealkylation sites (N-methyl/N-ethyl adjacent to an activating group) is 1. The second kappa shape index (κ2) is 8.44. The van der Waals surface area contributed by atoms with Crippen LogP contribution < -0.4 is 10.2 Å². The van der Waals surface area contributed by atoms with Gasteiger partial charge in [-0.2, -0.15) is 0 Å². The molecule has 1 amide bonds. The Bertz CT molecular complexity index is 587. The summed E-state index contributed by atoms with van der Waals surface area (Å²) in [6.07, 6.45) is -0.395. The van der Waals surface area contributed by atoms with Crippen LogP contribution in [0.15, 0.2) is 59.1 Å². The van der Waals surface area contributed by atoms with Gasteiger partial charge in [0.15, 0.2) is 0 Å². The van der Waals surface area contributed by atoms with E-state index >= 15 is 0 Å². The van der Waals surface area contributed by atoms with Crippen molar-refractivity contribution in [1.82, 2.24) is 5.32 Å². The number of alkyl carbamates (subject to hydrolysis) is 1. The summed E-state index contributed by atoms with van der Waals surface area (Å²) in [4.78, 5) is 13.7. The van der Waals surface area contributed by atoms with Gasteiger partial charge in [0, 0.05) is 30.3 Å².